The SMILES string of the molecule is COc1ccccc1Cn1c(C)c(CC(=O)O)c2cccnc21. The molecule has 0 saturated heterocycles. The van der Waals surface area contributed by atoms with Crippen molar-refractivity contribution in [1.82, 2.24) is 9.55 Å². The molecule has 1 aromatic carbocycles. The number of para-hydroxylation sites is 1. The highest BCUT2D eigenvalue weighted by molar-refractivity contribution is 5.86. The molecule has 0 saturated carbocycles. The number of nitrogens with zero attached hydrogens (tertiary/aromatic N) is 2. The van der Waals surface area contributed by atoms with E-state index in [-0.39, 0.29) is 6.42 Å². The second kappa shape index (κ2) is 6.12. The zero-order chi connectivity index (χ0) is 16.4. The van der Waals surface area contributed by atoms with Gasteiger partial charge in [0.05, 0.1) is 20.1 Å². The second-order valence-corrected chi connectivity index (χ2v) is 5.41. The number of ether oxygens (including phenoxy) is 1. The van der Waals surface area contributed by atoms with Crippen LogP contribution in [-0.2, 0) is 17.8 Å². The van der Waals surface area contributed by atoms with Crippen molar-refractivity contribution < 1.29 is 14.6 Å². The third-order valence-electron chi connectivity index (χ3n) is 4.06. The van der Waals surface area contributed by atoms with Gasteiger partial charge < -0.3 is 14.4 Å². The van der Waals surface area contributed by atoms with Gasteiger partial charge >= 0.3 is 5.97 Å². The van der Waals surface area contributed by atoms with Crippen LogP contribution in [0.1, 0.15) is 16.8 Å². The quantitative estimate of drug-likeness (QED) is 0.786. The van der Waals surface area contributed by atoms with Crippen molar-refractivity contribution in [1.29, 1.82) is 0 Å². The Kier molecular flexibility index (Phi) is 4.02. The lowest BCUT2D eigenvalue weighted by atomic mass is 10.1. The van der Waals surface area contributed by atoms with Crippen molar-refractivity contribution >= 4 is 17.0 Å². The number of pyridine rings is 1. The minimum absolute atomic E-state index is 0.00699. The van der Waals surface area contributed by atoms with Crippen LogP contribution in [0.5, 0.6) is 5.75 Å². The molecule has 1 N–H and O–H groups in total. The largest absolute Gasteiger partial charge is 0.496 e. The van der Waals surface area contributed by atoms with Crippen molar-refractivity contribution in [2.75, 3.05) is 7.11 Å². The normalized spacial score (nSPS) is 10.9. The lowest BCUT2D eigenvalue weighted by Gasteiger charge is -2.11. The first-order valence-electron chi connectivity index (χ1n) is 7.38. The van der Waals surface area contributed by atoms with Crippen LogP contribution in [0.25, 0.3) is 11.0 Å². The van der Waals surface area contributed by atoms with E-state index in [0.717, 1.165) is 33.6 Å². The summed E-state index contributed by atoms with van der Waals surface area (Å²) in [6.07, 6.45) is 1.72. The van der Waals surface area contributed by atoms with Crippen molar-refractivity contribution in [2.45, 2.75) is 19.9 Å². The van der Waals surface area contributed by atoms with Crippen LogP contribution in [0.15, 0.2) is 42.6 Å². The summed E-state index contributed by atoms with van der Waals surface area (Å²) in [4.78, 5) is 15.6. The van der Waals surface area contributed by atoms with Crippen molar-refractivity contribution in [3.63, 3.8) is 0 Å². The Balaban J connectivity index is 2.14. The number of rotatable bonds is 5. The number of fused-ring (bicyclic) bond motifs is 1. The van der Waals surface area contributed by atoms with Crippen LogP contribution < -0.4 is 4.74 Å². The number of aromatic nitrogens is 2. The molecule has 0 unspecified atom stereocenters. The molecule has 3 rings (SSSR count). The highest BCUT2D eigenvalue weighted by Crippen LogP contribution is 2.27. The Bertz CT molecular complexity index is 868. The molecule has 0 radical (unpaired) electrons. The highest BCUT2D eigenvalue weighted by Gasteiger charge is 2.17. The molecule has 0 bridgehead atoms. The molecule has 2 aromatic heterocycles. The Hall–Kier alpha value is -2.82. The van der Waals surface area contributed by atoms with Crippen LogP contribution >= 0.6 is 0 Å². The third kappa shape index (κ3) is 2.77. The monoisotopic (exact) mass is 310 g/mol. The van der Waals surface area contributed by atoms with E-state index in [1.807, 2.05) is 47.9 Å². The van der Waals surface area contributed by atoms with Crippen LogP contribution in [0.3, 0.4) is 0 Å². The lowest BCUT2D eigenvalue weighted by Crippen LogP contribution is -2.06. The summed E-state index contributed by atoms with van der Waals surface area (Å²) in [5.41, 5.74) is 3.57. The van der Waals surface area contributed by atoms with E-state index in [2.05, 4.69) is 4.98 Å². The van der Waals surface area contributed by atoms with Crippen molar-refractivity contribution in [3.8, 4) is 5.75 Å². The standard InChI is InChI=1S/C18H18N2O3/c1-12-15(10-17(21)22)14-7-5-9-19-18(14)20(12)11-13-6-3-4-8-16(13)23-2/h3-9H,10-11H2,1-2H3,(H,21,22). The molecule has 0 fully saturated rings. The number of hydrogen-bond donors (Lipinski definition) is 1. The van der Waals surface area contributed by atoms with Gasteiger partial charge in [-0.15, -0.1) is 0 Å². The maximum atomic E-state index is 11.2. The van der Waals surface area contributed by atoms with Gasteiger partial charge in [-0.05, 0) is 30.7 Å². The fraction of sp³-hybridized carbons (Fsp3) is 0.222. The van der Waals surface area contributed by atoms with Gasteiger partial charge in [-0.2, -0.15) is 0 Å². The van der Waals surface area contributed by atoms with E-state index in [1.165, 1.54) is 0 Å². The summed E-state index contributed by atoms with van der Waals surface area (Å²) in [5, 5.41) is 10.1. The maximum absolute atomic E-state index is 11.2. The smallest absolute Gasteiger partial charge is 0.307 e. The summed E-state index contributed by atoms with van der Waals surface area (Å²) in [7, 11) is 1.65. The predicted octanol–water partition coefficient (Wildman–Crippen LogP) is 3.03. The number of hydrogen-bond acceptors (Lipinski definition) is 3. The minimum Gasteiger partial charge on any atom is -0.496 e. The Labute approximate surface area is 134 Å². The van der Waals surface area contributed by atoms with Gasteiger partial charge in [0.15, 0.2) is 0 Å². The zero-order valence-corrected chi connectivity index (χ0v) is 13.1. The molecule has 3 aromatic rings. The summed E-state index contributed by atoms with van der Waals surface area (Å²) >= 11 is 0. The van der Waals surface area contributed by atoms with Gasteiger partial charge in [0.1, 0.15) is 11.4 Å². The van der Waals surface area contributed by atoms with Crippen LogP contribution in [0, 0.1) is 6.92 Å². The van der Waals surface area contributed by atoms with Crippen molar-refractivity contribution in [3.05, 3.63) is 59.4 Å². The number of benzene rings is 1. The Morgan fingerprint density at radius 2 is 2.04 bits per heavy atom. The number of carboxylic acids is 1. The fourth-order valence-electron chi connectivity index (χ4n) is 2.94. The summed E-state index contributed by atoms with van der Waals surface area (Å²) < 4.78 is 7.46. The first-order valence-corrected chi connectivity index (χ1v) is 7.38. The molecule has 5 heteroatoms. The minimum atomic E-state index is -0.840. The Morgan fingerprint density at radius 3 is 2.78 bits per heavy atom. The molecule has 0 spiro atoms. The molecule has 0 atom stereocenters. The molecule has 0 amide bonds. The summed E-state index contributed by atoms with van der Waals surface area (Å²) in [6.45, 7) is 2.53. The van der Waals surface area contributed by atoms with Gasteiger partial charge in [-0.25, -0.2) is 4.98 Å². The van der Waals surface area contributed by atoms with Crippen LogP contribution in [0.2, 0.25) is 0 Å². The molecule has 2 heterocycles. The molecule has 0 aliphatic rings. The van der Waals surface area contributed by atoms with E-state index in [1.54, 1.807) is 13.3 Å². The molecule has 0 aliphatic heterocycles. The second-order valence-electron chi connectivity index (χ2n) is 5.41. The molecule has 118 valence electrons. The average molecular weight is 310 g/mol. The van der Waals surface area contributed by atoms with Gasteiger partial charge in [0.25, 0.3) is 0 Å². The zero-order valence-electron chi connectivity index (χ0n) is 13.1. The van der Waals surface area contributed by atoms with E-state index in [9.17, 15) is 9.90 Å². The molecule has 23 heavy (non-hydrogen) atoms. The number of carboxylic acid groups (broad SMARTS) is 1. The lowest BCUT2D eigenvalue weighted by molar-refractivity contribution is -0.136. The first kappa shape index (κ1) is 15.1. The van der Waals surface area contributed by atoms with Crippen LogP contribution in [0.4, 0.5) is 0 Å². The highest BCUT2D eigenvalue weighted by atomic mass is 16.5. The number of aliphatic carboxylic acids is 1. The molecular weight excluding hydrogens is 292 g/mol. The molecular formula is C18H18N2O3. The van der Waals surface area contributed by atoms with Crippen molar-refractivity contribution in [2.24, 2.45) is 0 Å². The van der Waals surface area contributed by atoms with Crippen LogP contribution in [-0.4, -0.2) is 27.7 Å². The van der Waals surface area contributed by atoms with Gasteiger partial charge in [0.2, 0.25) is 0 Å². The summed E-state index contributed by atoms with van der Waals surface area (Å²) in [5.74, 6) is -0.0299. The van der Waals surface area contributed by atoms with Gasteiger partial charge in [-0.3, -0.25) is 4.79 Å². The first-order chi connectivity index (χ1) is 11.1. The molecule has 0 aliphatic carbocycles. The van der Waals surface area contributed by atoms with E-state index in [0.29, 0.717) is 6.54 Å². The maximum Gasteiger partial charge on any atom is 0.307 e. The average Bonchev–Trinajstić information content (AvgIpc) is 2.81. The number of methoxy groups -OCH3 is 1. The predicted molar refractivity (Wildman–Crippen MR) is 87.9 cm³/mol. The fourth-order valence-corrected chi connectivity index (χ4v) is 2.94. The van der Waals surface area contributed by atoms with E-state index >= 15 is 0 Å². The topological polar surface area (TPSA) is 64.3 Å². The summed E-state index contributed by atoms with van der Waals surface area (Å²) in [6, 6.07) is 11.6. The van der Waals surface area contributed by atoms with E-state index in [4.69, 9.17) is 4.74 Å². The molecule has 5 nitrogen and oxygen atoms in total. The van der Waals surface area contributed by atoms with Gasteiger partial charge in [0, 0.05) is 22.8 Å². The van der Waals surface area contributed by atoms with E-state index < -0.39 is 5.97 Å². The third-order valence-corrected chi connectivity index (χ3v) is 4.06. The van der Waals surface area contributed by atoms with Gasteiger partial charge in [-0.1, -0.05) is 18.2 Å². The Morgan fingerprint density at radius 1 is 1.26 bits per heavy atom. The number of carbonyl (C=O) groups is 1.